The molecule has 0 unspecified atom stereocenters. The number of carbonyl (C=O) groups is 1. The van der Waals surface area contributed by atoms with E-state index in [9.17, 15) is 105 Å². The maximum Gasteiger partial charge on any atom is 0.595 e. The van der Waals surface area contributed by atoms with Crippen molar-refractivity contribution in [1.29, 1.82) is 0 Å². The van der Waals surface area contributed by atoms with E-state index >= 15 is 0 Å². The van der Waals surface area contributed by atoms with Crippen molar-refractivity contribution in [2.75, 3.05) is 0 Å². The quantitative estimate of drug-likeness (QED) is 0.0852. The molecule has 1 rings (SSSR count). The van der Waals surface area contributed by atoms with Crippen molar-refractivity contribution in [3.8, 4) is 0 Å². The van der Waals surface area contributed by atoms with E-state index in [0.717, 1.165) is 0 Å². The summed E-state index contributed by atoms with van der Waals surface area (Å²) < 4.78 is 0. The molecule has 0 saturated carbocycles. The van der Waals surface area contributed by atoms with Crippen LogP contribution < -0.4 is 0 Å². The van der Waals surface area contributed by atoms with Crippen LogP contribution in [0.25, 0.3) is 0 Å². The molecule has 208 valence electrons. The molecule has 1 aliphatic heterocycles. The van der Waals surface area contributed by atoms with Gasteiger partial charge in [0, 0.05) is 0 Å². The van der Waals surface area contributed by atoms with Gasteiger partial charge in [-0.2, -0.15) is 0 Å². The van der Waals surface area contributed by atoms with Crippen LogP contribution in [0.4, 0.5) is 0 Å². The second-order valence-electron chi connectivity index (χ2n) is 7.80. The summed E-state index contributed by atoms with van der Waals surface area (Å²) in [5, 5.41) is 190. The third-order valence-corrected chi connectivity index (χ3v) is 11.4. The van der Waals surface area contributed by atoms with Crippen LogP contribution >= 0.6 is 8.15 Å². The average Bonchev–Trinajstić information content (AvgIpc) is 2.71. The molecule has 0 spiro atoms. The van der Waals surface area contributed by atoms with Crippen molar-refractivity contribution < 1.29 is 105 Å². The van der Waals surface area contributed by atoms with Crippen LogP contribution in [0.3, 0.4) is 0 Å². The van der Waals surface area contributed by atoms with Crippen LogP contribution in [0.2, 0.25) is 5.21 Å². The first kappa shape index (κ1) is 35.5. The number of hydrogen-bond donors (Lipinski definition) is 20. The Labute approximate surface area is 213 Å². The number of amides is 1. The fourth-order valence-electron chi connectivity index (χ4n) is 4.49. The van der Waals surface area contributed by atoms with Crippen LogP contribution in [-0.2, 0) is 4.79 Å². The summed E-state index contributed by atoms with van der Waals surface area (Å²) in [5.74, 6) is -2.86. The lowest BCUT2D eigenvalue weighted by Crippen LogP contribution is -2.91. The Balaban J connectivity index is 5.15. The number of rotatable bonds is 10. The van der Waals surface area contributed by atoms with Gasteiger partial charge in [-0.3, -0.25) is 9.61 Å². The molecular weight excluding hydrogens is 552 g/mol. The van der Waals surface area contributed by atoms with Gasteiger partial charge in [0.15, 0.2) is 0 Å². The van der Waals surface area contributed by atoms with Crippen molar-refractivity contribution in [3.63, 3.8) is 0 Å². The minimum Gasteiger partial charge on any atom is -0.427 e. The number of hydrogen-bond acceptors (Lipinski definition) is 21. The van der Waals surface area contributed by atoms with Gasteiger partial charge in [0.25, 0.3) is 0 Å². The van der Waals surface area contributed by atoms with E-state index in [1.54, 1.807) is 0 Å². The molecular formula is C4H20B10N2O21S. The van der Waals surface area contributed by atoms with E-state index in [4.69, 9.17) is 0 Å². The largest absolute Gasteiger partial charge is 0.595 e. The van der Waals surface area contributed by atoms with E-state index in [2.05, 4.69) is 0 Å². The van der Waals surface area contributed by atoms with Crippen molar-refractivity contribution in [3.05, 3.63) is 0 Å². The molecule has 1 saturated heterocycles. The Morgan fingerprint density at radius 1 is 0.500 bits per heavy atom. The van der Waals surface area contributed by atoms with Gasteiger partial charge in [-0.1, -0.05) is 0 Å². The van der Waals surface area contributed by atoms with Gasteiger partial charge in [-0.25, -0.2) is 4.81 Å². The molecule has 1 heterocycles. The lowest BCUT2D eigenvalue weighted by atomic mass is 9.18. The molecule has 0 radical (unpaired) electrons. The van der Waals surface area contributed by atoms with Gasteiger partial charge >= 0.3 is 68.6 Å². The van der Waals surface area contributed by atoms with Gasteiger partial charge in [-0.05, 0) is 0 Å². The Hall–Kier alpha value is -0.501. The van der Waals surface area contributed by atoms with E-state index < -0.39 is 108 Å². The van der Waals surface area contributed by atoms with Gasteiger partial charge < -0.3 is 100 Å². The SMILES string of the molecule is O=C1N(B(O)O)C(=S(B(O)O)(B(O)O)(B(O)O)B(O)O)N(B(O)O)C(B(O)O)(B(O)O)C1(B(O)O)B(O)O. The van der Waals surface area contributed by atoms with Crippen LogP contribution in [0.5, 0.6) is 0 Å². The van der Waals surface area contributed by atoms with E-state index in [1.807, 2.05) is 0 Å². The molecule has 1 aliphatic rings. The highest BCUT2D eigenvalue weighted by Crippen LogP contribution is 2.67. The highest BCUT2D eigenvalue weighted by atomic mass is 32.3. The lowest BCUT2D eigenvalue weighted by Gasteiger charge is -2.63. The maximum absolute atomic E-state index is 13.5. The Kier molecular flexibility index (Phi) is 10.7. The van der Waals surface area contributed by atoms with Crippen molar-refractivity contribution in [2.24, 2.45) is 0 Å². The smallest absolute Gasteiger partial charge is 0.427 e. The Bertz CT molecular complexity index is 871. The van der Waals surface area contributed by atoms with Crippen LogP contribution in [0, 0.1) is 0 Å². The van der Waals surface area contributed by atoms with E-state index in [-0.39, 0.29) is 0 Å². The summed E-state index contributed by atoms with van der Waals surface area (Å²) in [6, 6.07) is 0. The predicted molar refractivity (Wildman–Crippen MR) is 129 cm³/mol. The fourth-order valence-corrected chi connectivity index (χ4v) is 7.88. The molecule has 38 heavy (non-hydrogen) atoms. The molecule has 1 fully saturated rings. The number of nitrogens with zero attached hydrogens (tertiary/aromatic N) is 2. The van der Waals surface area contributed by atoms with Crippen LogP contribution in [0.1, 0.15) is 0 Å². The molecule has 0 aromatic rings. The molecule has 0 aromatic carbocycles. The topological polar surface area (TPSA) is 428 Å². The third kappa shape index (κ3) is 3.87. The Morgan fingerprint density at radius 2 is 0.816 bits per heavy atom. The summed E-state index contributed by atoms with van der Waals surface area (Å²) in [6.07, 6.45) is -16.3. The van der Waals surface area contributed by atoms with Crippen molar-refractivity contribution in [1.82, 2.24) is 9.62 Å². The lowest BCUT2D eigenvalue weighted by molar-refractivity contribution is -0.131. The van der Waals surface area contributed by atoms with Gasteiger partial charge in [0.2, 0.25) is 5.91 Å². The van der Waals surface area contributed by atoms with E-state index in [1.165, 1.54) is 0 Å². The predicted octanol–water partition coefficient (Wildman–Crippen LogP) is -15.6. The minimum atomic E-state index is -7.44. The maximum atomic E-state index is 13.5. The zero-order valence-electron chi connectivity index (χ0n) is 18.4. The molecule has 23 nitrogen and oxygen atoms in total. The second kappa shape index (κ2) is 11.4. The molecule has 0 aromatic heterocycles. The normalized spacial score (nSPS) is 18.3. The van der Waals surface area contributed by atoms with Crippen LogP contribution in [-0.4, -0.2) is 195 Å². The summed E-state index contributed by atoms with van der Waals surface area (Å²) in [4.78, 5) is 11.1. The highest BCUT2D eigenvalue weighted by Gasteiger charge is 2.87. The standard InChI is InChI=1S/C4H20B10N2O21S/c17-1-3(5(18)19,6(20)21)4(7(22)23,8(24)25)16(10(28)29)2(15(1)9(26)27)38(11(30)31,12(32)33,13(34)35)14(36)37/h18-37H. The molecule has 34 heteroatoms. The molecule has 1 amide bonds. The fraction of sp³-hybridized carbons (Fsp3) is 0.500. The van der Waals surface area contributed by atoms with Gasteiger partial charge in [-0.15, -0.1) is 8.15 Å². The molecule has 20 N–H and O–H groups in total. The second-order valence-corrected chi connectivity index (χ2v) is 12.4. The average molecular weight is 572 g/mol. The molecule has 0 bridgehead atoms. The van der Waals surface area contributed by atoms with E-state index in [0.29, 0.717) is 0 Å². The third-order valence-electron chi connectivity index (χ3n) is 6.41. The zero-order chi connectivity index (χ0) is 30.5. The monoisotopic (exact) mass is 574 g/mol. The van der Waals surface area contributed by atoms with Crippen molar-refractivity contribution >= 4 is 87.7 Å². The summed E-state index contributed by atoms with van der Waals surface area (Å²) in [5.41, 5.74) is 0. The zero-order valence-corrected chi connectivity index (χ0v) is 19.2. The van der Waals surface area contributed by atoms with Crippen LogP contribution in [0.15, 0.2) is 0 Å². The molecule has 0 atom stereocenters. The molecule has 0 aliphatic carbocycles. The summed E-state index contributed by atoms with van der Waals surface area (Å²) >= 11 is 0. The first-order valence-corrected chi connectivity index (χ1v) is 11.9. The summed E-state index contributed by atoms with van der Waals surface area (Å²) in [7, 11) is -30.8. The van der Waals surface area contributed by atoms with Gasteiger partial charge in [0.1, 0.15) is 10.6 Å². The highest BCUT2D eigenvalue weighted by molar-refractivity contribution is 9.04. The minimum absolute atomic E-state index is 1.18. The summed E-state index contributed by atoms with van der Waals surface area (Å²) in [6.45, 7) is 0. The van der Waals surface area contributed by atoms with Gasteiger partial charge in [0.05, 0.1) is 5.11 Å². The first-order chi connectivity index (χ1) is 17.1. The first-order valence-electron chi connectivity index (χ1n) is 9.58. The number of carbonyl (C=O) groups excluding carboxylic acids is 1. The Morgan fingerprint density at radius 3 is 1.00 bits per heavy atom. The van der Waals surface area contributed by atoms with Crippen molar-refractivity contribution in [2.45, 2.75) is 10.6 Å².